The predicted molar refractivity (Wildman–Crippen MR) is 120 cm³/mol. The molecule has 158 valence electrons. The lowest BCUT2D eigenvalue weighted by molar-refractivity contribution is -0.129. The number of thiocarbonyl (C=S) groups is 1. The first-order chi connectivity index (χ1) is 15.0. The van der Waals surface area contributed by atoms with Crippen molar-refractivity contribution in [3.05, 3.63) is 59.2 Å². The number of carbonyl (C=O) groups is 1. The topological polar surface area (TPSA) is 71.3 Å². The van der Waals surface area contributed by atoms with E-state index in [1.54, 1.807) is 25.3 Å². The van der Waals surface area contributed by atoms with Crippen molar-refractivity contribution in [2.24, 2.45) is 5.41 Å². The van der Waals surface area contributed by atoms with Gasteiger partial charge in [0, 0.05) is 12.5 Å². The highest BCUT2D eigenvalue weighted by Gasteiger charge is 2.64. The maximum absolute atomic E-state index is 13.5. The molecule has 5 rings (SSSR count). The molecule has 1 N–H and O–H groups in total. The van der Waals surface area contributed by atoms with Gasteiger partial charge in [0.25, 0.3) is 0 Å². The van der Waals surface area contributed by atoms with Crippen LogP contribution in [0.3, 0.4) is 0 Å². The Kier molecular flexibility index (Phi) is 4.84. The van der Waals surface area contributed by atoms with Gasteiger partial charge in [0.05, 0.1) is 29.1 Å². The Labute approximate surface area is 187 Å². The van der Waals surface area contributed by atoms with Crippen LogP contribution in [0.5, 0.6) is 11.5 Å². The second-order valence-corrected chi connectivity index (χ2v) is 9.34. The van der Waals surface area contributed by atoms with Gasteiger partial charge in [0.2, 0.25) is 0 Å². The first-order valence-electron chi connectivity index (χ1n) is 10.7. The van der Waals surface area contributed by atoms with Crippen LogP contribution in [0.25, 0.3) is 0 Å². The molecule has 1 saturated carbocycles. The fourth-order valence-electron chi connectivity index (χ4n) is 5.85. The van der Waals surface area contributed by atoms with E-state index in [0.29, 0.717) is 28.5 Å². The highest BCUT2D eigenvalue weighted by Crippen LogP contribution is 2.60. The van der Waals surface area contributed by atoms with Crippen LogP contribution in [0.2, 0.25) is 0 Å². The largest absolute Gasteiger partial charge is 0.457 e. The van der Waals surface area contributed by atoms with Crippen molar-refractivity contribution in [3.63, 3.8) is 0 Å². The van der Waals surface area contributed by atoms with E-state index in [0.717, 1.165) is 37.7 Å². The number of carbonyl (C=O) groups excluding carboxylic acids is 1. The zero-order chi connectivity index (χ0) is 21.6. The summed E-state index contributed by atoms with van der Waals surface area (Å²) in [6.07, 6.45) is 5.12. The molecular formula is C25H24N2O3S. The fraction of sp³-hybridized carbons (Fsp3) is 0.400. The van der Waals surface area contributed by atoms with Crippen LogP contribution < -0.4 is 10.1 Å². The highest BCUT2D eigenvalue weighted by atomic mass is 32.1. The van der Waals surface area contributed by atoms with E-state index >= 15 is 0 Å². The molecule has 0 aromatic heterocycles. The third-order valence-corrected chi connectivity index (χ3v) is 7.54. The fourth-order valence-corrected chi connectivity index (χ4v) is 6.13. The molecule has 2 aromatic rings. The lowest BCUT2D eigenvalue weighted by Gasteiger charge is -2.47. The van der Waals surface area contributed by atoms with E-state index in [4.69, 9.17) is 27.0 Å². The number of hydrogen-bond donors (Lipinski definition) is 1. The quantitative estimate of drug-likeness (QED) is 0.717. The number of nitriles is 1. The molecule has 1 unspecified atom stereocenters. The van der Waals surface area contributed by atoms with Gasteiger partial charge in [-0.1, -0.05) is 24.4 Å². The van der Waals surface area contributed by atoms with E-state index in [9.17, 15) is 4.79 Å². The van der Waals surface area contributed by atoms with Crippen molar-refractivity contribution in [3.8, 4) is 17.6 Å². The maximum Gasteiger partial charge on any atom is 0.170 e. The van der Waals surface area contributed by atoms with Crippen molar-refractivity contribution in [1.29, 1.82) is 5.26 Å². The molecule has 0 bridgehead atoms. The van der Waals surface area contributed by atoms with E-state index in [2.05, 4.69) is 17.5 Å². The number of nitrogens with zero attached hydrogens (tertiary/aromatic N) is 1. The predicted octanol–water partition coefficient (Wildman–Crippen LogP) is 4.57. The Morgan fingerprint density at radius 2 is 1.94 bits per heavy atom. The van der Waals surface area contributed by atoms with Crippen LogP contribution in [-0.4, -0.2) is 24.0 Å². The monoisotopic (exact) mass is 432 g/mol. The summed E-state index contributed by atoms with van der Waals surface area (Å²) in [5.41, 5.74) is 1.73. The third kappa shape index (κ3) is 3.07. The standard InChI is InChI=1S/C25H24N2O3S/c1-29-18-7-9-24(10-8-18)14-17-5-6-20(30-19-4-2-3-16(11-19)15-26)12-21(17)25(24)22(28)13-23(31)27-25/h2-6,11-12,18H,7-10,13-14H2,1H3,(H,27,31). The second-order valence-electron chi connectivity index (χ2n) is 8.85. The zero-order valence-corrected chi connectivity index (χ0v) is 18.3. The molecule has 0 radical (unpaired) electrons. The van der Waals surface area contributed by atoms with Crippen LogP contribution in [-0.2, 0) is 21.5 Å². The summed E-state index contributed by atoms with van der Waals surface area (Å²) in [7, 11) is 1.76. The second kappa shape index (κ2) is 7.44. The van der Waals surface area contributed by atoms with Gasteiger partial charge in [-0.3, -0.25) is 4.79 Å². The van der Waals surface area contributed by atoms with Gasteiger partial charge in [-0.25, -0.2) is 0 Å². The van der Waals surface area contributed by atoms with Gasteiger partial charge >= 0.3 is 0 Å². The van der Waals surface area contributed by atoms with Crippen molar-refractivity contribution < 1.29 is 14.3 Å². The van der Waals surface area contributed by atoms with Crippen LogP contribution in [0.15, 0.2) is 42.5 Å². The molecule has 31 heavy (non-hydrogen) atoms. The van der Waals surface area contributed by atoms with Crippen molar-refractivity contribution in [1.82, 2.24) is 5.32 Å². The third-order valence-electron chi connectivity index (χ3n) is 7.30. The van der Waals surface area contributed by atoms with Crippen LogP contribution >= 0.6 is 12.2 Å². The Morgan fingerprint density at radius 3 is 2.61 bits per heavy atom. The number of ether oxygens (including phenoxy) is 2. The molecular weight excluding hydrogens is 408 g/mol. The van der Waals surface area contributed by atoms with Crippen LogP contribution in [0.1, 0.15) is 48.8 Å². The summed E-state index contributed by atoms with van der Waals surface area (Å²) in [4.78, 5) is 14.1. The zero-order valence-electron chi connectivity index (χ0n) is 17.4. The molecule has 2 spiro atoms. The summed E-state index contributed by atoms with van der Waals surface area (Å²) < 4.78 is 11.7. The van der Waals surface area contributed by atoms with Gasteiger partial charge in [0.1, 0.15) is 17.0 Å². The molecule has 1 aliphatic heterocycles. The Balaban J connectivity index is 1.55. The Bertz CT molecular complexity index is 1110. The number of methoxy groups -OCH3 is 1. The van der Waals surface area contributed by atoms with Crippen LogP contribution in [0.4, 0.5) is 0 Å². The maximum atomic E-state index is 13.5. The SMILES string of the molecule is COC1CCC2(CC1)Cc1ccc(Oc3cccc(C#N)c3)cc1C21NC(=S)CC1=O. The first kappa shape index (κ1) is 20.2. The van der Waals surface area contributed by atoms with Crippen LogP contribution in [0, 0.1) is 16.7 Å². The van der Waals surface area contributed by atoms with Gasteiger partial charge in [0.15, 0.2) is 5.78 Å². The lowest BCUT2D eigenvalue weighted by atomic mass is 9.60. The van der Waals surface area contributed by atoms with E-state index in [1.165, 1.54) is 5.56 Å². The summed E-state index contributed by atoms with van der Waals surface area (Å²) in [6.45, 7) is 0. The molecule has 1 saturated heterocycles. The Morgan fingerprint density at radius 1 is 1.16 bits per heavy atom. The van der Waals surface area contributed by atoms with Crippen molar-refractivity contribution in [2.75, 3.05) is 7.11 Å². The molecule has 1 heterocycles. The molecule has 6 heteroatoms. The molecule has 2 fully saturated rings. The molecule has 0 amide bonds. The number of benzene rings is 2. The number of nitrogens with one attached hydrogen (secondary N) is 1. The minimum atomic E-state index is -0.786. The molecule has 5 nitrogen and oxygen atoms in total. The normalized spacial score (nSPS) is 29.1. The highest BCUT2D eigenvalue weighted by molar-refractivity contribution is 7.80. The minimum Gasteiger partial charge on any atom is -0.457 e. The Hall–Kier alpha value is -2.75. The average Bonchev–Trinajstić information content (AvgIpc) is 3.23. The van der Waals surface area contributed by atoms with Crippen molar-refractivity contribution in [2.45, 2.75) is 50.2 Å². The van der Waals surface area contributed by atoms with Gasteiger partial charge < -0.3 is 14.8 Å². The van der Waals surface area contributed by atoms with E-state index in [-0.39, 0.29) is 17.3 Å². The summed E-state index contributed by atoms with van der Waals surface area (Å²) in [6, 6.07) is 15.2. The number of hydrogen-bond acceptors (Lipinski definition) is 5. The summed E-state index contributed by atoms with van der Waals surface area (Å²) in [5, 5.41) is 12.6. The van der Waals surface area contributed by atoms with Crippen molar-refractivity contribution >= 4 is 23.0 Å². The number of rotatable bonds is 3. The number of fused-ring (bicyclic) bond motifs is 3. The summed E-state index contributed by atoms with van der Waals surface area (Å²) in [5.74, 6) is 1.42. The van der Waals surface area contributed by atoms with Gasteiger partial charge in [-0.15, -0.1) is 0 Å². The van der Waals surface area contributed by atoms with E-state index < -0.39 is 5.54 Å². The number of Topliss-reactive ketones (excluding diaryl/α,β-unsaturated/α-hetero) is 1. The van der Waals surface area contributed by atoms with E-state index in [1.807, 2.05) is 18.2 Å². The minimum absolute atomic E-state index is 0.163. The molecule has 3 aliphatic rings. The average molecular weight is 433 g/mol. The number of ketones is 1. The molecule has 2 aliphatic carbocycles. The molecule has 1 atom stereocenters. The lowest BCUT2D eigenvalue weighted by Crippen LogP contribution is -2.56. The molecule has 2 aromatic carbocycles. The van der Waals surface area contributed by atoms with Gasteiger partial charge in [-0.2, -0.15) is 5.26 Å². The van der Waals surface area contributed by atoms with Gasteiger partial charge in [-0.05, 0) is 73.6 Å². The smallest absolute Gasteiger partial charge is 0.170 e. The first-order valence-corrected chi connectivity index (χ1v) is 11.1. The summed E-state index contributed by atoms with van der Waals surface area (Å²) >= 11 is 5.48.